The van der Waals surface area contributed by atoms with E-state index in [4.69, 9.17) is 15.2 Å². The average Bonchev–Trinajstić information content (AvgIpc) is 3.18. The average molecular weight is 478 g/mol. The van der Waals surface area contributed by atoms with Crippen molar-refractivity contribution in [3.63, 3.8) is 0 Å². The van der Waals surface area contributed by atoms with Crippen molar-refractivity contribution in [2.75, 3.05) is 13.2 Å². The Bertz CT molecular complexity index is 1080. The zero-order valence-corrected chi connectivity index (χ0v) is 19.4. The van der Waals surface area contributed by atoms with Gasteiger partial charge < -0.3 is 20.5 Å². The van der Waals surface area contributed by atoms with Gasteiger partial charge in [-0.3, -0.25) is 14.8 Å². The van der Waals surface area contributed by atoms with E-state index in [9.17, 15) is 18.4 Å². The number of H-pyrrole nitrogens is 1. The zero-order chi connectivity index (χ0) is 24.6. The highest BCUT2D eigenvalue weighted by molar-refractivity contribution is 5.92. The molecule has 9 nitrogen and oxygen atoms in total. The van der Waals surface area contributed by atoms with Crippen molar-refractivity contribution in [2.45, 2.75) is 63.9 Å². The molecule has 1 fully saturated rings. The van der Waals surface area contributed by atoms with E-state index in [1.165, 1.54) is 0 Å². The number of nitrogens with zero attached hydrogens (tertiary/aromatic N) is 2. The molecule has 4 rings (SSSR count). The third-order valence-electron chi connectivity index (χ3n) is 6.04. The lowest BCUT2D eigenvalue weighted by Gasteiger charge is -2.42. The molecule has 184 valence electrons. The van der Waals surface area contributed by atoms with E-state index in [0.29, 0.717) is 25.9 Å². The number of carbonyl (C=O) groups excluding carboxylic acids is 2. The normalized spacial score (nSPS) is 23.3. The summed E-state index contributed by atoms with van der Waals surface area (Å²) in [6.07, 6.45) is -0.545. The largest absolute Gasteiger partial charge is 0.444 e. The number of halogens is 2. The Kier molecular flexibility index (Phi) is 6.59. The summed E-state index contributed by atoms with van der Waals surface area (Å²) in [4.78, 5) is 26.3. The lowest BCUT2D eigenvalue weighted by molar-refractivity contribution is -0.0643. The van der Waals surface area contributed by atoms with E-state index >= 15 is 0 Å². The van der Waals surface area contributed by atoms with Gasteiger partial charge >= 0.3 is 6.09 Å². The molecule has 11 heteroatoms. The second-order valence-electron chi connectivity index (χ2n) is 9.68. The third-order valence-corrected chi connectivity index (χ3v) is 6.04. The number of primary amides is 1. The minimum absolute atomic E-state index is 0.0418. The Morgan fingerprint density at radius 1 is 1.32 bits per heavy atom. The maximum Gasteiger partial charge on any atom is 0.407 e. The van der Waals surface area contributed by atoms with E-state index in [2.05, 4.69) is 20.4 Å². The fourth-order valence-corrected chi connectivity index (χ4v) is 4.56. The van der Waals surface area contributed by atoms with Crippen LogP contribution in [0.3, 0.4) is 0 Å². The summed E-state index contributed by atoms with van der Waals surface area (Å²) < 4.78 is 39.9. The second kappa shape index (κ2) is 9.30. The Morgan fingerprint density at radius 3 is 2.79 bits per heavy atom. The van der Waals surface area contributed by atoms with E-state index in [0.717, 1.165) is 29.5 Å². The van der Waals surface area contributed by atoms with Crippen molar-refractivity contribution in [1.82, 2.24) is 20.4 Å². The number of nitrogens with two attached hydrogens (primary N) is 1. The number of benzene rings is 1. The van der Waals surface area contributed by atoms with Gasteiger partial charge in [0.25, 0.3) is 5.91 Å². The molecule has 0 saturated carbocycles. The molecule has 34 heavy (non-hydrogen) atoms. The topological polar surface area (TPSA) is 123 Å². The van der Waals surface area contributed by atoms with Crippen LogP contribution in [0.5, 0.6) is 0 Å². The van der Waals surface area contributed by atoms with Crippen LogP contribution in [0.4, 0.5) is 13.6 Å². The standard InChI is InChI=1S/C23H29F2N5O4/c1-23(2,3)34-22(32)27-17-9-13(11-33-20(17)15-8-12(24)4-5-16(15)25)30-7-6-14-18(10-30)28-29-19(14)21(26)31/h4-5,8,13,17,20H,6-7,9-11H2,1-3H3,(H2,26,31)(H,27,32)(H,28,29)/t13-,17+,20-/m1/s1. The van der Waals surface area contributed by atoms with Crippen LogP contribution < -0.4 is 11.1 Å². The molecule has 2 amide bonds. The van der Waals surface area contributed by atoms with E-state index < -0.39 is 41.4 Å². The van der Waals surface area contributed by atoms with E-state index in [1.807, 2.05) is 0 Å². The Hall–Kier alpha value is -3.05. The van der Waals surface area contributed by atoms with E-state index in [-0.39, 0.29) is 23.9 Å². The number of hydrogen-bond donors (Lipinski definition) is 3. The zero-order valence-electron chi connectivity index (χ0n) is 19.4. The molecule has 2 aliphatic rings. The molecule has 2 aliphatic heterocycles. The fraction of sp³-hybridized carbons (Fsp3) is 0.522. The molecule has 3 atom stereocenters. The second-order valence-corrected chi connectivity index (χ2v) is 9.68. The number of carbonyl (C=O) groups is 2. The first-order valence-corrected chi connectivity index (χ1v) is 11.2. The molecule has 0 bridgehead atoms. The van der Waals surface area contributed by atoms with Gasteiger partial charge in [0, 0.05) is 30.3 Å². The van der Waals surface area contributed by atoms with Crippen molar-refractivity contribution in [3.8, 4) is 0 Å². The lowest BCUT2D eigenvalue weighted by atomic mass is 9.91. The van der Waals surface area contributed by atoms with Crippen LogP contribution in [0.1, 0.15) is 60.6 Å². The van der Waals surface area contributed by atoms with Gasteiger partial charge in [0.15, 0.2) is 5.69 Å². The number of nitrogens with one attached hydrogen (secondary N) is 2. The summed E-state index contributed by atoms with van der Waals surface area (Å²) in [5.74, 6) is -1.78. The molecule has 1 saturated heterocycles. The van der Waals surface area contributed by atoms with Crippen LogP contribution in [0.25, 0.3) is 0 Å². The molecule has 0 aliphatic carbocycles. The van der Waals surface area contributed by atoms with Crippen molar-refractivity contribution in [2.24, 2.45) is 5.73 Å². The number of hydrogen-bond acceptors (Lipinski definition) is 6. The van der Waals surface area contributed by atoms with Gasteiger partial charge in [-0.2, -0.15) is 5.10 Å². The Labute approximate surface area is 196 Å². The van der Waals surface area contributed by atoms with Gasteiger partial charge in [0.05, 0.1) is 18.3 Å². The lowest BCUT2D eigenvalue weighted by Crippen LogP contribution is -2.53. The summed E-state index contributed by atoms with van der Waals surface area (Å²) in [6, 6.07) is 2.39. The predicted molar refractivity (Wildman–Crippen MR) is 118 cm³/mol. The maximum atomic E-state index is 14.6. The van der Waals surface area contributed by atoms with Crippen molar-refractivity contribution in [1.29, 1.82) is 0 Å². The first kappa shape index (κ1) is 24.1. The number of amides is 2. The summed E-state index contributed by atoms with van der Waals surface area (Å²) in [5.41, 5.74) is 6.58. The highest BCUT2D eigenvalue weighted by Gasteiger charge is 2.39. The van der Waals surface area contributed by atoms with Crippen molar-refractivity contribution in [3.05, 3.63) is 52.3 Å². The van der Waals surface area contributed by atoms with Crippen LogP contribution in [0, 0.1) is 11.6 Å². The summed E-state index contributed by atoms with van der Waals surface area (Å²) in [5, 5.41) is 9.70. The smallest absolute Gasteiger partial charge is 0.407 e. The molecule has 1 aromatic carbocycles. The van der Waals surface area contributed by atoms with Gasteiger partial charge in [-0.25, -0.2) is 13.6 Å². The first-order chi connectivity index (χ1) is 16.0. The van der Waals surface area contributed by atoms with Crippen LogP contribution in [-0.2, 0) is 22.4 Å². The van der Waals surface area contributed by atoms with Crippen LogP contribution in [0.2, 0.25) is 0 Å². The van der Waals surface area contributed by atoms with Gasteiger partial charge in [-0.15, -0.1) is 0 Å². The highest BCUT2D eigenvalue weighted by Crippen LogP contribution is 2.34. The molecule has 1 aromatic heterocycles. The molecule has 0 unspecified atom stereocenters. The molecule has 0 spiro atoms. The minimum atomic E-state index is -0.881. The third kappa shape index (κ3) is 5.20. The van der Waals surface area contributed by atoms with Crippen LogP contribution in [-0.4, -0.2) is 57.9 Å². The Balaban J connectivity index is 1.54. The Morgan fingerprint density at radius 2 is 2.09 bits per heavy atom. The van der Waals surface area contributed by atoms with Crippen molar-refractivity contribution < 1.29 is 27.8 Å². The van der Waals surface area contributed by atoms with Gasteiger partial charge in [-0.1, -0.05) is 0 Å². The SMILES string of the molecule is CC(C)(C)OC(=O)N[C@H]1C[C@@H](N2CCc3c(C(N)=O)n[nH]c3C2)CO[C@@H]1c1cc(F)ccc1F. The molecular weight excluding hydrogens is 448 g/mol. The fourth-order valence-electron chi connectivity index (χ4n) is 4.56. The molecule has 0 radical (unpaired) electrons. The van der Waals surface area contributed by atoms with Gasteiger partial charge in [0.2, 0.25) is 0 Å². The summed E-state index contributed by atoms with van der Waals surface area (Å²) >= 11 is 0. The maximum absolute atomic E-state index is 14.6. The van der Waals surface area contributed by atoms with Gasteiger partial charge in [0.1, 0.15) is 23.3 Å². The number of rotatable bonds is 4. The molecule has 2 aromatic rings. The minimum Gasteiger partial charge on any atom is -0.444 e. The number of alkyl carbamates (subject to hydrolysis) is 1. The quantitative estimate of drug-likeness (QED) is 0.622. The molecule has 3 heterocycles. The summed E-state index contributed by atoms with van der Waals surface area (Å²) in [6.45, 7) is 6.59. The van der Waals surface area contributed by atoms with E-state index in [1.54, 1.807) is 20.8 Å². The number of fused-ring (bicyclic) bond motifs is 1. The predicted octanol–water partition coefficient (Wildman–Crippen LogP) is 2.57. The number of aromatic nitrogens is 2. The molecular formula is C23H29F2N5O4. The van der Waals surface area contributed by atoms with Crippen LogP contribution >= 0.6 is 0 Å². The number of aromatic amines is 1. The van der Waals surface area contributed by atoms with Crippen molar-refractivity contribution >= 4 is 12.0 Å². The monoisotopic (exact) mass is 477 g/mol. The highest BCUT2D eigenvalue weighted by atomic mass is 19.1. The number of ether oxygens (including phenoxy) is 2. The van der Waals surface area contributed by atoms with Gasteiger partial charge in [-0.05, 0) is 51.8 Å². The first-order valence-electron chi connectivity index (χ1n) is 11.2. The summed E-state index contributed by atoms with van der Waals surface area (Å²) in [7, 11) is 0. The molecule has 4 N–H and O–H groups in total. The van der Waals surface area contributed by atoms with Crippen LogP contribution in [0.15, 0.2) is 18.2 Å².